The number of aromatic nitrogens is 4. The first kappa shape index (κ1) is 41.8. The number of benzene rings is 3. The first-order chi connectivity index (χ1) is 30.9. The van der Waals surface area contributed by atoms with Crippen molar-refractivity contribution in [1.82, 2.24) is 40.4 Å². The quantitative estimate of drug-likeness (QED) is 0.128. The normalized spacial score (nSPS) is 28.0. The summed E-state index contributed by atoms with van der Waals surface area (Å²) in [5, 5.41) is 7.61. The maximum absolute atomic E-state index is 14.6. The molecule has 0 radical (unpaired) electrons. The molecule has 1 unspecified atom stereocenters. The van der Waals surface area contributed by atoms with Gasteiger partial charge in [0.05, 0.1) is 61.4 Å². The molecule has 2 aromatic heterocycles. The number of H-pyrrole nitrogens is 2. The predicted molar refractivity (Wildman–Crippen MR) is 237 cm³/mol. The van der Waals surface area contributed by atoms with Crippen LogP contribution in [0.1, 0.15) is 102 Å². The van der Waals surface area contributed by atoms with Crippen LogP contribution in [0.15, 0.2) is 48.7 Å². The van der Waals surface area contributed by atoms with E-state index in [1.807, 2.05) is 42.8 Å². The largest absolute Gasteiger partial charge is 0.488 e. The van der Waals surface area contributed by atoms with Gasteiger partial charge in [0, 0.05) is 23.0 Å². The minimum atomic E-state index is -0.752. The highest BCUT2D eigenvalue weighted by atomic mass is 16.5. The number of hydrogen-bond donors (Lipinski definition) is 4. The van der Waals surface area contributed by atoms with E-state index in [4.69, 9.17) is 28.9 Å². The highest BCUT2D eigenvalue weighted by Gasteiger charge is 2.48. The van der Waals surface area contributed by atoms with Crippen molar-refractivity contribution in [2.24, 2.45) is 11.8 Å². The van der Waals surface area contributed by atoms with Crippen LogP contribution in [0.3, 0.4) is 0 Å². The van der Waals surface area contributed by atoms with Gasteiger partial charge in [-0.2, -0.15) is 0 Å². The fraction of sp³-hybridized carbons (Fsp3) is 0.500. The molecule has 4 amide bonds. The van der Waals surface area contributed by atoms with Crippen LogP contribution in [-0.2, 0) is 30.4 Å². The van der Waals surface area contributed by atoms with E-state index in [2.05, 4.69) is 63.9 Å². The molecule has 4 N–H and O–H groups in total. The second kappa shape index (κ2) is 16.4. The van der Waals surface area contributed by atoms with Crippen molar-refractivity contribution in [2.45, 2.75) is 128 Å². The Balaban J connectivity index is 0.899. The van der Waals surface area contributed by atoms with Crippen molar-refractivity contribution in [2.75, 3.05) is 14.2 Å². The molecule has 5 aromatic rings. The molecule has 336 valence electrons. The minimum absolute atomic E-state index is 0.00351. The topological polar surface area (TPSA) is 193 Å². The molecule has 0 bridgehead atoms. The van der Waals surface area contributed by atoms with Crippen LogP contribution in [0.5, 0.6) is 5.75 Å². The number of rotatable bonds is 7. The van der Waals surface area contributed by atoms with Crippen molar-refractivity contribution in [3.8, 4) is 28.1 Å². The van der Waals surface area contributed by atoms with Crippen LogP contribution in [0, 0.1) is 11.8 Å². The number of piperidine rings is 1. The molecule has 5 aliphatic heterocycles. The Labute approximate surface area is 371 Å². The lowest BCUT2D eigenvalue weighted by Gasteiger charge is -2.41. The number of amides is 4. The number of carbonyl (C=O) groups is 4. The van der Waals surface area contributed by atoms with Gasteiger partial charge in [0.1, 0.15) is 36.1 Å². The number of hydrogen-bond acceptors (Lipinski definition) is 10. The lowest BCUT2D eigenvalue weighted by Crippen LogP contribution is -2.58. The van der Waals surface area contributed by atoms with Gasteiger partial charge in [0.15, 0.2) is 0 Å². The summed E-state index contributed by atoms with van der Waals surface area (Å²) in [6, 6.07) is 12.9. The van der Waals surface area contributed by atoms with Crippen LogP contribution >= 0.6 is 0 Å². The number of ether oxygens (including phenoxy) is 4. The second-order valence-corrected chi connectivity index (χ2v) is 18.6. The third kappa shape index (κ3) is 7.28. The van der Waals surface area contributed by atoms with E-state index in [1.165, 1.54) is 14.2 Å². The second-order valence-electron chi connectivity index (χ2n) is 18.6. The number of methoxy groups -OCH3 is 2. The van der Waals surface area contributed by atoms with E-state index in [1.54, 1.807) is 0 Å². The predicted octanol–water partition coefficient (Wildman–Crippen LogP) is 7.44. The standard InChI is InChI=1S/C48H56N8O8/c1-23-15-31-10-14-37(56(31)45(57)40(23)53-47(59)61-5)43-49-21-36(51-43)28-8-11-32-30(18-28)22-63-39-20-33-27(19-34(32)39)9-12-35-42(33)52-44(50-35)38-13-7-24(2)55(38)46(58)41(54-48(60)62-6)29-16-25(3)64-26(4)17-29/h8-9,11-12,18-21,23-26,29,31,37-38,40-41H,7,10,13-17,22H2,1-6H3,(H,49,51)(H,50,52)(H,53,59)(H,54,60)/t23?,24-,25+,26+,31+,37-,38-,40-,41+/m0/s1. The lowest BCUT2D eigenvalue weighted by molar-refractivity contribution is -0.142. The molecule has 4 fully saturated rings. The summed E-state index contributed by atoms with van der Waals surface area (Å²) in [6.07, 6.45) is 5.86. The molecule has 9 atom stereocenters. The molecule has 3 aromatic carbocycles. The molecular formula is C48H56N8O8. The lowest BCUT2D eigenvalue weighted by atomic mass is 9.85. The summed E-state index contributed by atoms with van der Waals surface area (Å²) in [5.41, 5.74) is 6.62. The fourth-order valence-electron chi connectivity index (χ4n) is 11.4. The third-order valence-electron chi connectivity index (χ3n) is 14.5. The average Bonchev–Trinajstić information content (AvgIpc) is 4.11. The molecule has 16 nitrogen and oxygen atoms in total. The number of alkyl carbamates (subject to hydrolysis) is 2. The highest BCUT2D eigenvalue weighted by molar-refractivity contribution is 6.07. The number of likely N-dealkylation sites (tertiary alicyclic amines) is 1. The number of nitrogens with zero attached hydrogens (tertiary/aromatic N) is 4. The Bertz CT molecular complexity index is 2650. The molecule has 64 heavy (non-hydrogen) atoms. The summed E-state index contributed by atoms with van der Waals surface area (Å²) in [6.45, 7) is 8.46. The maximum Gasteiger partial charge on any atom is 0.407 e. The first-order valence-electron chi connectivity index (χ1n) is 22.7. The number of imidazole rings is 2. The molecule has 5 aliphatic rings. The van der Waals surface area contributed by atoms with Crippen LogP contribution in [-0.4, -0.2) is 104 Å². The van der Waals surface area contributed by atoms with E-state index in [9.17, 15) is 19.2 Å². The number of fused-ring (bicyclic) bond motifs is 7. The van der Waals surface area contributed by atoms with Gasteiger partial charge in [-0.15, -0.1) is 0 Å². The minimum Gasteiger partial charge on any atom is -0.488 e. The summed E-state index contributed by atoms with van der Waals surface area (Å²) in [5.74, 6) is 1.89. The van der Waals surface area contributed by atoms with E-state index >= 15 is 0 Å². The van der Waals surface area contributed by atoms with Crippen molar-refractivity contribution >= 4 is 45.8 Å². The highest BCUT2D eigenvalue weighted by Crippen LogP contribution is 2.45. The average molecular weight is 873 g/mol. The fourth-order valence-corrected chi connectivity index (χ4v) is 11.4. The maximum atomic E-state index is 14.6. The Morgan fingerprint density at radius 1 is 0.859 bits per heavy atom. The zero-order valence-corrected chi connectivity index (χ0v) is 37.1. The Kier molecular flexibility index (Phi) is 10.7. The number of aromatic amines is 2. The van der Waals surface area contributed by atoms with Crippen molar-refractivity contribution in [1.29, 1.82) is 0 Å². The monoisotopic (exact) mass is 872 g/mol. The van der Waals surface area contributed by atoms with Gasteiger partial charge in [-0.1, -0.05) is 25.1 Å². The van der Waals surface area contributed by atoms with Gasteiger partial charge in [0.25, 0.3) is 0 Å². The van der Waals surface area contributed by atoms with Crippen LogP contribution in [0.4, 0.5) is 9.59 Å². The van der Waals surface area contributed by atoms with Gasteiger partial charge in [-0.3, -0.25) is 9.59 Å². The van der Waals surface area contributed by atoms with Crippen LogP contribution in [0.25, 0.3) is 44.2 Å². The van der Waals surface area contributed by atoms with E-state index < -0.39 is 24.3 Å². The molecule has 16 heteroatoms. The van der Waals surface area contributed by atoms with Gasteiger partial charge in [-0.25, -0.2) is 19.6 Å². The van der Waals surface area contributed by atoms with Gasteiger partial charge in [-0.05, 0) is 124 Å². The molecule has 7 heterocycles. The molecule has 10 rings (SSSR count). The van der Waals surface area contributed by atoms with Crippen LogP contribution < -0.4 is 15.4 Å². The van der Waals surface area contributed by atoms with Crippen molar-refractivity contribution in [3.05, 3.63) is 65.9 Å². The molecule has 0 saturated carbocycles. The van der Waals surface area contributed by atoms with Gasteiger partial charge in [0.2, 0.25) is 11.8 Å². The summed E-state index contributed by atoms with van der Waals surface area (Å²) >= 11 is 0. The Morgan fingerprint density at radius 2 is 1.64 bits per heavy atom. The first-order valence-corrected chi connectivity index (χ1v) is 22.7. The van der Waals surface area contributed by atoms with E-state index in [0.29, 0.717) is 25.3 Å². The van der Waals surface area contributed by atoms with Crippen molar-refractivity contribution in [3.63, 3.8) is 0 Å². The zero-order valence-electron chi connectivity index (χ0n) is 37.1. The molecular weight excluding hydrogens is 817 g/mol. The van der Waals surface area contributed by atoms with E-state index in [0.717, 1.165) is 93.4 Å². The van der Waals surface area contributed by atoms with E-state index in [-0.39, 0.29) is 60.0 Å². The molecule has 0 spiro atoms. The number of carbonyl (C=O) groups excluding carboxylic acids is 4. The SMILES string of the molecule is COC(=O)N[C@@H]1C(=O)N2[C@H](CC[C@H]2c2ncc(-c3ccc4c(c3)COc3cc5c(ccc6[nH]c([C@@H]7CC[C@H](C)N7C(=O)[C@H](NC(=O)OC)C7C[C@@H](C)O[C@H](C)C7)nc65)cc3-4)[nH]2)CC1C. The summed E-state index contributed by atoms with van der Waals surface area (Å²) < 4.78 is 22.2. The third-order valence-corrected chi connectivity index (χ3v) is 14.5. The summed E-state index contributed by atoms with van der Waals surface area (Å²) in [4.78, 5) is 73.8. The van der Waals surface area contributed by atoms with Gasteiger partial charge < -0.3 is 49.3 Å². The zero-order chi connectivity index (χ0) is 44.6. The smallest absolute Gasteiger partial charge is 0.407 e. The van der Waals surface area contributed by atoms with Crippen molar-refractivity contribution < 1.29 is 38.1 Å². The Morgan fingerprint density at radius 3 is 2.42 bits per heavy atom. The number of nitrogens with one attached hydrogen (secondary N) is 4. The molecule has 4 saturated heterocycles. The Hall–Kier alpha value is -6.16. The summed E-state index contributed by atoms with van der Waals surface area (Å²) in [7, 11) is 2.62. The molecule has 0 aliphatic carbocycles. The van der Waals surface area contributed by atoms with Crippen LogP contribution in [0.2, 0.25) is 0 Å². The van der Waals surface area contributed by atoms with Gasteiger partial charge >= 0.3 is 12.2 Å².